The standard InChI is InChI=1S/C24H34N4O3/c1-17-14-28(15-18(2)31-17)16-20-7-5-19(6-8-20)12-26-24(25)27-13-21-9-10-22(29-3)23(11-21)30-4/h5-11,17-18H,12-16H2,1-4H3,(H3,25,26,27). The summed E-state index contributed by atoms with van der Waals surface area (Å²) in [5.41, 5.74) is 9.51. The number of rotatable bonds is 8. The Morgan fingerprint density at radius 2 is 1.61 bits per heavy atom. The van der Waals surface area contributed by atoms with Gasteiger partial charge in [0.1, 0.15) is 0 Å². The Morgan fingerprint density at radius 3 is 2.26 bits per heavy atom. The van der Waals surface area contributed by atoms with E-state index in [1.165, 1.54) is 5.56 Å². The predicted octanol–water partition coefficient (Wildman–Crippen LogP) is 2.92. The zero-order valence-corrected chi connectivity index (χ0v) is 18.9. The number of methoxy groups -OCH3 is 2. The maximum atomic E-state index is 6.04. The van der Waals surface area contributed by atoms with Crippen molar-refractivity contribution in [2.45, 2.75) is 45.7 Å². The number of hydrogen-bond acceptors (Lipinski definition) is 5. The van der Waals surface area contributed by atoms with Crippen LogP contribution >= 0.6 is 0 Å². The van der Waals surface area contributed by atoms with Crippen molar-refractivity contribution in [2.24, 2.45) is 10.7 Å². The maximum absolute atomic E-state index is 6.04. The molecule has 0 aromatic heterocycles. The molecule has 1 fully saturated rings. The smallest absolute Gasteiger partial charge is 0.189 e. The highest BCUT2D eigenvalue weighted by Gasteiger charge is 2.21. The zero-order chi connectivity index (χ0) is 22.2. The molecule has 2 aromatic carbocycles. The Morgan fingerprint density at radius 1 is 1.00 bits per heavy atom. The monoisotopic (exact) mass is 426 g/mol. The minimum Gasteiger partial charge on any atom is -0.493 e. The lowest BCUT2D eigenvalue weighted by Gasteiger charge is -2.35. The van der Waals surface area contributed by atoms with Gasteiger partial charge < -0.3 is 25.3 Å². The molecule has 3 rings (SSSR count). The van der Waals surface area contributed by atoms with Gasteiger partial charge in [0.2, 0.25) is 0 Å². The molecular weight excluding hydrogens is 392 g/mol. The van der Waals surface area contributed by atoms with E-state index in [0.717, 1.165) is 30.8 Å². The minimum atomic E-state index is 0.286. The summed E-state index contributed by atoms with van der Waals surface area (Å²) < 4.78 is 16.4. The molecule has 0 aliphatic carbocycles. The van der Waals surface area contributed by atoms with Crippen molar-refractivity contribution in [3.05, 3.63) is 59.2 Å². The summed E-state index contributed by atoms with van der Waals surface area (Å²) in [6.07, 6.45) is 0.571. The third-order valence-electron chi connectivity index (χ3n) is 5.28. The van der Waals surface area contributed by atoms with Gasteiger partial charge in [0.05, 0.1) is 33.0 Å². The van der Waals surface area contributed by atoms with Crippen LogP contribution in [0.5, 0.6) is 11.5 Å². The van der Waals surface area contributed by atoms with Crippen LogP contribution in [0.3, 0.4) is 0 Å². The number of benzene rings is 2. The van der Waals surface area contributed by atoms with Crippen LogP contribution in [0.4, 0.5) is 0 Å². The Bertz CT molecular complexity index is 860. The zero-order valence-electron chi connectivity index (χ0n) is 18.9. The summed E-state index contributed by atoms with van der Waals surface area (Å²) in [6.45, 7) is 8.26. The third kappa shape index (κ3) is 6.87. The van der Waals surface area contributed by atoms with Gasteiger partial charge in [-0.05, 0) is 42.7 Å². The molecule has 1 aliphatic rings. The Balaban J connectivity index is 1.48. The van der Waals surface area contributed by atoms with Gasteiger partial charge in [-0.2, -0.15) is 0 Å². The molecular formula is C24H34N4O3. The lowest BCUT2D eigenvalue weighted by molar-refractivity contribution is -0.0704. The van der Waals surface area contributed by atoms with Gasteiger partial charge in [0.25, 0.3) is 0 Å². The van der Waals surface area contributed by atoms with E-state index in [1.807, 2.05) is 18.2 Å². The van der Waals surface area contributed by atoms with E-state index in [0.29, 0.717) is 30.5 Å². The van der Waals surface area contributed by atoms with Crippen LogP contribution in [-0.2, 0) is 24.4 Å². The Labute approximate surface area is 185 Å². The number of nitrogens with one attached hydrogen (secondary N) is 1. The highest BCUT2D eigenvalue weighted by Crippen LogP contribution is 2.27. The summed E-state index contributed by atoms with van der Waals surface area (Å²) in [7, 11) is 3.24. The van der Waals surface area contributed by atoms with Crippen molar-refractivity contribution in [2.75, 3.05) is 27.3 Å². The molecule has 2 aromatic rings. The molecule has 31 heavy (non-hydrogen) atoms. The van der Waals surface area contributed by atoms with Crippen LogP contribution in [0.25, 0.3) is 0 Å². The van der Waals surface area contributed by atoms with Crippen molar-refractivity contribution in [3.8, 4) is 11.5 Å². The van der Waals surface area contributed by atoms with Crippen molar-refractivity contribution >= 4 is 5.96 Å². The average Bonchev–Trinajstić information content (AvgIpc) is 2.76. The van der Waals surface area contributed by atoms with Crippen molar-refractivity contribution in [3.63, 3.8) is 0 Å². The number of nitrogens with zero attached hydrogens (tertiary/aromatic N) is 2. The van der Waals surface area contributed by atoms with Gasteiger partial charge in [0.15, 0.2) is 17.5 Å². The molecule has 0 amide bonds. The van der Waals surface area contributed by atoms with Crippen LogP contribution in [0.2, 0.25) is 0 Å². The van der Waals surface area contributed by atoms with E-state index in [2.05, 4.69) is 53.3 Å². The van der Waals surface area contributed by atoms with E-state index in [9.17, 15) is 0 Å². The fraction of sp³-hybridized carbons (Fsp3) is 0.458. The molecule has 7 nitrogen and oxygen atoms in total. The van der Waals surface area contributed by atoms with E-state index in [1.54, 1.807) is 14.2 Å². The highest BCUT2D eigenvalue weighted by atomic mass is 16.5. The molecule has 168 valence electrons. The van der Waals surface area contributed by atoms with Gasteiger partial charge in [-0.25, -0.2) is 4.99 Å². The van der Waals surface area contributed by atoms with Crippen molar-refractivity contribution in [1.82, 2.24) is 10.2 Å². The number of morpholine rings is 1. The first-order valence-corrected chi connectivity index (χ1v) is 10.7. The number of ether oxygens (including phenoxy) is 3. The molecule has 0 bridgehead atoms. The summed E-state index contributed by atoms with van der Waals surface area (Å²) in [5, 5.41) is 3.18. The topological polar surface area (TPSA) is 81.3 Å². The van der Waals surface area contributed by atoms with Crippen LogP contribution < -0.4 is 20.5 Å². The molecule has 1 saturated heterocycles. The van der Waals surface area contributed by atoms with Gasteiger partial charge in [-0.15, -0.1) is 0 Å². The molecule has 0 saturated carbocycles. The summed E-state index contributed by atoms with van der Waals surface area (Å²) in [6, 6.07) is 14.4. The average molecular weight is 427 g/mol. The molecule has 3 N–H and O–H groups in total. The number of aliphatic imine (C=N–C) groups is 1. The van der Waals surface area contributed by atoms with E-state index in [4.69, 9.17) is 19.9 Å². The van der Waals surface area contributed by atoms with Crippen LogP contribution in [0.15, 0.2) is 47.5 Å². The highest BCUT2D eigenvalue weighted by molar-refractivity contribution is 5.77. The predicted molar refractivity (Wildman–Crippen MR) is 123 cm³/mol. The third-order valence-corrected chi connectivity index (χ3v) is 5.28. The molecule has 2 atom stereocenters. The van der Waals surface area contributed by atoms with E-state index >= 15 is 0 Å². The first-order chi connectivity index (χ1) is 15.0. The second-order valence-corrected chi connectivity index (χ2v) is 8.01. The minimum absolute atomic E-state index is 0.286. The van der Waals surface area contributed by atoms with E-state index in [-0.39, 0.29) is 12.2 Å². The normalized spacial score (nSPS) is 19.8. The lowest BCUT2D eigenvalue weighted by Crippen LogP contribution is -2.44. The maximum Gasteiger partial charge on any atom is 0.189 e. The van der Waals surface area contributed by atoms with Gasteiger partial charge in [0, 0.05) is 26.2 Å². The van der Waals surface area contributed by atoms with Gasteiger partial charge >= 0.3 is 0 Å². The fourth-order valence-electron chi connectivity index (χ4n) is 3.84. The van der Waals surface area contributed by atoms with Crippen molar-refractivity contribution < 1.29 is 14.2 Å². The second-order valence-electron chi connectivity index (χ2n) is 8.01. The van der Waals surface area contributed by atoms with E-state index < -0.39 is 0 Å². The fourth-order valence-corrected chi connectivity index (χ4v) is 3.84. The quantitative estimate of drug-likeness (QED) is 0.499. The molecule has 0 spiro atoms. The number of guanidine groups is 1. The molecule has 0 radical (unpaired) electrons. The summed E-state index contributed by atoms with van der Waals surface area (Å²) >= 11 is 0. The van der Waals surface area contributed by atoms with Gasteiger partial charge in [-0.3, -0.25) is 4.90 Å². The molecule has 2 unspecified atom stereocenters. The van der Waals surface area contributed by atoms with Crippen LogP contribution in [-0.4, -0.2) is 50.4 Å². The van der Waals surface area contributed by atoms with Crippen LogP contribution in [0.1, 0.15) is 30.5 Å². The Kier molecular flexibility index (Phi) is 8.14. The van der Waals surface area contributed by atoms with Crippen molar-refractivity contribution in [1.29, 1.82) is 0 Å². The van der Waals surface area contributed by atoms with Crippen LogP contribution in [0, 0.1) is 0 Å². The van der Waals surface area contributed by atoms with Gasteiger partial charge in [-0.1, -0.05) is 30.3 Å². The Hall–Kier alpha value is -2.77. The lowest BCUT2D eigenvalue weighted by atomic mass is 10.1. The largest absolute Gasteiger partial charge is 0.493 e. The molecule has 1 aliphatic heterocycles. The summed E-state index contributed by atoms with van der Waals surface area (Å²) in [4.78, 5) is 6.87. The molecule has 7 heteroatoms. The number of hydrogen-bond donors (Lipinski definition) is 2. The first kappa shape index (κ1) is 22.9. The second kappa shape index (κ2) is 11.0. The number of nitrogens with two attached hydrogens (primary N) is 1. The molecule has 1 heterocycles. The summed E-state index contributed by atoms with van der Waals surface area (Å²) in [5.74, 6) is 1.79. The SMILES string of the molecule is COc1ccc(CN=C(N)NCc2ccc(CN3CC(C)OC(C)C3)cc2)cc1OC. The first-order valence-electron chi connectivity index (χ1n) is 10.7.